The van der Waals surface area contributed by atoms with Crippen molar-refractivity contribution >= 4 is 17.6 Å². The Labute approximate surface area is 252 Å². The average Bonchev–Trinajstić information content (AvgIpc) is 3.47. The molecule has 3 N–H and O–H groups in total. The third kappa shape index (κ3) is 8.47. The summed E-state index contributed by atoms with van der Waals surface area (Å²) >= 11 is 1.90. The number of hydrogen-bond donors (Lipinski definition) is 2. The van der Waals surface area contributed by atoms with Gasteiger partial charge in [-0.2, -0.15) is 0 Å². The van der Waals surface area contributed by atoms with Crippen LogP contribution in [0.3, 0.4) is 0 Å². The molecule has 2 heterocycles. The molecule has 0 aromatic heterocycles. The van der Waals surface area contributed by atoms with Crippen molar-refractivity contribution in [3.8, 4) is 0 Å². The van der Waals surface area contributed by atoms with E-state index >= 15 is 0 Å². The molecule has 0 radical (unpaired) electrons. The zero-order chi connectivity index (χ0) is 29.5. The molecule has 1 aliphatic carbocycles. The standard InChI is InChI=1S/C32H43FN4S.C3H8/c1-31(2,3)25-6-12-29(13-7-25)38-37-18-14-26-20-30(35-28-10-8-27(33)9-11-28)24(22-34)21-32(26,23-37)15-19-36-16-4-5-17-36;1-3-2/h6-13,20,35H,4-5,14-19,21-23,34H2,1-3H3;3H2,1-2H3. The van der Waals surface area contributed by atoms with E-state index in [2.05, 4.69) is 79.5 Å². The minimum absolute atomic E-state index is 0.0991. The van der Waals surface area contributed by atoms with Crippen molar-refractivity contribution in [3.63, 3.8) is 0 Å². The molecule has 0 bridgehead atoms. The Hall–Kier alpha value is -2.12. The highest BCUT2D eigenvalue weighted by molar-refractivity contribution is 7.97. The number of piperidine rings is 1. The summed E-state index contributed by atoms with van der Waals surface area (Å²) in [6.07, 6.45) is 9.46. The van der Waals surface area contributed by atoms with Crippen LogP contribution in [0.5, 0.6) is 0 Å². The summed E-state index contributed by atoms with van der Waals surface area (Å²) < 4.78 is 16.1. The number of nitrogens with two attached hydrogens (primary N) is 1. The van der Waals surface area contributed by atoms with E-state index in [1.807, 2.05) is 11.9 Å². The van der Waals surface area contributed by atoms with Crippen molar-refractivity contribution in [2.45, 2.75) is 83.5 Å². The van der Waals surface area contributed by atoms with Gasteiger partial charge in [-0.15, -0.1) is 0 Å². The molecule has 0 amide bonds. The first kappa shape index (κ1) is 31.8. The van der Waals surface area contributed by atoms with E-state index in [4.69, 9.17) is 5.73 Å². The molecule has 0 spiro atoms. The largest absolute Gasteiger partial charge is 0.356 e. The number of likely N-dealkylation sites (tertiary alicyclic amines) is 1. The number of rotatable bonds is 8. The van der Waals surface area contributed by atoms with Gasteiger partial charge in [0.2, 0.25) is 0 Å². The van der Waals surface area contributed by atoms with Crippen LogP contribution in [0, 0.1) is 11.2 Å². The zero-order valence-electron chi connectivity index (χ0n) is 25.9. The molecule has 0 saturated carbocycles. The summed E-state index contributed by atoms with van der Waals surface area (Å²) in [5.41, 5.74) is 12.8. The van der Waals surface area contributed by atoms with Crippen molar-refractivity contribution in [1.82, 2.24) is 9.21 Å². The SMILES string of the molecule is CC(C)(C)c1ccc(SN2CCC3=CC(Nc4ccc(F)cc4)=C(CN)CC3(CCN3CCCC3)C2)cc1.CCC. The van der Waals surface area contributed by atoms with Crippen LogP contribution in [-0.4, -0.2) is 48.5 Å². The highest BCUT2D eigenvalue weighted by atomic mass is 32.2. The van der Waals surface area contributed by atoms with Crippen LogP contribution in [-0.2, 0) is 5.41 Å². The van der Waals surface area contributed by atoms with Crippen LogP contribution in [0.1, 0.15) is 78.7 Å². The molecule has 2 aromatic carbocycles. The number of nitrogens with zero attached hydrogens (tertiary/aromatic N) is 2. The van der Waals surface area contributed by atoms with E-state index < -0.39 is 0 Å². The minimum Gasteiger partial charge on any atom is -0.356 e. The lowest BCUT2D eigenvalue weighted by atomic mass is 9.66. The fourth-order valence-corrected chi connectivity index (χ4v) is 7.20. The third-order valence-electron chi connectivity index (χ3n) is 8.47. The maximum absolute atomic E-state index is 13.5. The van der Waals surface area contributed by atoms with Gasteiger partial charge in [0.25, 0.3) is 0 Å². The molecule has 4 nitrogen and oxygen atoms in total. The Balaban J connectivity index is 0.00000124. The van der Waals surface area contributed by atoms with E-state index in [1.54, 1.807) is 17.7 Å². The molecule has 6 heteroatoms. The zero-order valence-corrected chi connectivity index (χ0v) is 26.8. The van der Waals surface area contributed by atoms with Gasteiger partial charge in [-0.05, 0) is 123 Å². The number of halogens is 1. The Kier molecular flexibility index (Phi) is 11.1. The number of anilines is 1. The van der Waals surface area contributed by atoms with Crippen LogP contribution >= 0.6 is 11.9 Å². The molecule has 2 fully saturated rings. The molecule has 5 rings (SSSR count). The Morgan fingerprint density at radius 3 is 2.24 bits per heavy atom. The first-order chi connectivity index (χ1) is 19.7. The van der Waals surface area contributed by atoms with Crippen LogP contribution < -0.4 is 11.1 Å². The van der Waals surface area contributed by atoms with Gasteiger partial charge in [-0.25, -0.2) is 8.70 Å². The predicted octanol–water partition coefficient (Wildman–Crippen LogP) is 8.38. The van der Waals surface area contributed by atoms with E-state index in [-0.39, 0.29) is 16.6 Å². The second kappa shape index (κ2) is 14.4. The molecule has 41 heavy (non-hydrogen) atoms. The summed E-state index contributed by atoms with van der Waals surface area (Å²) in [5, 5.41) is 3.55. The van der Waals surface area contributed by atoms with Crippen molar-refractivity contribution in [2.24, 2.45) is 11.1 Å². The minimum atomic E-state index is -0.218. The first-order valence-electron chi connectivity index (χ1n) is 15.6. The third-order valence-corrected chi connectivity index (χ3v) is 9.52. The number of hydrogen-bond acceptors (Lipinski definition) is 5. The highest BCUT2D eigenvalue weighted by Crippen LogP contribution is 2.49. The maximum atomic E-state index is 13.5. The highest BCUT2D eigenvalue weighted by Gasteiger charge is 2.43. The number of nitrogens with one attached hydrogen (secondary N) is 1. The molecule has 1 unspecified atom stereocenters. The van der Waals surface area contributed by atoms with Crippen LogP contribution in [0.2, 0.25) is 0 Å². The van der Waals surface area contributed by atoms with Gasteiger partial charge in [0.1, 0.15) is 5.82 Å². The van der Waals surface area contributed by atoms with Gasteiger partial charge in [0.05, 0.1) is 0 Å². The van der Waals surface area contributed by atoms with E-state index in [0.29, 0.717) is 6.54 Å². The molecular formula is C35H51FN4S. The molecule has 2 aromatic rings. The van der Waals surface area contributed by atoms with Gasteiger partial charge in [-0.1, -0.05) is 58.7 Å². The van der Waals surface area contributed by atoms with E-state index in [0.717, 1.165) is 50.3 Å². The molecule has 3 aliphatic rings. The summed E-state index contributed by atoms with van der Waals surface area (Å²) in [7, 11) is 0. The molecule has 1 atom stereocenters. The van der Waals surface area contributed by atoms with Crippen molar-refractivity contribution in [3.05, 3.63) is 82.8 Å². The molecular weight excluding hydrogens is 527 g/mol. The first-order valence-corrected chi connectivity index (χ1v) is 16.3. The van der Waals surface area contributed by atoms with Crippen LogP contribution in [0.15, 0.2) is 76.3 Å². The molecule has 224 valence electrons. The molecule has 2 saturated heterocycles. The number of fused-ring (bicyclic) bond motifs is 1. The summed E-state index contributed by atoms with van der Waals surface area (Å²) in [6.45, 7) is 17.2. The van der Waals surface area contributed by atoms with Crippen LogP contribution in [0.4, 0.5) is 10.1 Å². The normalized spacial score (nSPS) is 21.7. The smallest absolute Gasteiger partial charge is 0.123 e. The number of allylic oxidation sites excluding steroid dienone is 1. The lowest BCUT2D eigenvalue weighted by Gasteiger charge is -2.48. The van der Waals surface area contributed by atoms with Crippen molar-refractivity contribution in [2.75, 3.05) is 44.6 Å². The van der Waals surface area contributed by atoms with Gasteiger partial charge in [-0.3, -0.25) is 0 Å². The summed E-state index contributed by atoms with van der Waals surface area (Å²) in [5.74, 6) is -0.218. The van der Waals surface area contributed by atoms with E-state index in [1.165, 1.54) is 60.5 Å². The van der Waals surface area contributed by atoms with Gasteiger partial charge in [0.15, 0.2) is 0 Å². The fraction of sp³-hybridized carbons (Fsp3) is 0.543. The van der Waals surface area contributed by atoms with Crippen LogP contribution in [0.25, 0.3) is 0 Å². The average molecular weight is 579 g/mol. The lowest BCUT2D eigenvalue weighted by molar-refractivity contribution is 0.177. The molecule has 2 aliphatic heterocycles. The monoisotopic (exact) mass is 578 g/mol. The van der Waals surface area contributed by atoms with Crippen molar-refractivity contribution < 1.29 is 4.39 Å². The second-order valence-corrected chi connectivity index (χ2v) is 14.1. The summed E-state index contributed by atoms with van der Waals surface area (Å²) in [4.78, 5) is 3.95. The summed E-state index contributed by atoms with van der Waals surface area (Å²) in [6, 6.07) is 15.7. The Morgan fingerprint density at radius 2 is 1.63 bits per heavy atom. The van der Waals surface area contributed by atoms with Gasteiger partial charge < -0.3 is 16.0 Å². The lowest BCUT2D eigenvalue weighted by Crippen LogP contribution is -2.46. The van der Waals surface area contributed by atoms with Crippen molar-refractivity contribution in [1.29, 1.82) is 0 Å². The van der Waals surface area contributed by atoms with Gasteiger partial charge in [0, 0.05) is 41.3 Å². The number of benzene rings is 2. The van der Waals surface area contributed by atoms with E-state index in [9.17, 15) is 4.39 Å². The fourth-order valence-electron chi connectivity index (χ4n) is 6.15. The predicted molar refractivity (Wildman–Crippen MR) is 175 cm³/mol. The Morgan fingerprint density at radius 1 is 0.976 bits per heavy atom. The topological polar surface area (TPSA) is 44.5 Å². The Bertz CT molecular complexity index is 1180. The maximum Gasteiger partial charge on any atom is 0.123 e. The quantitative estimate of drug-likeness (QED) is 0.308. The second-order valence-electron chi connectivity index (χ2n) is 13.0. The van der Waals surface area contributed by atoms with Gasteiger partial charge >= 0.3 is 0 Å².